The second kappa shape index (κ2) is 11.1. The van der Waals surface area contributed by atoms with Gasteiger partial charge in [-0.1, -0.05) is 18.2 Å². The number of nitrogens with zero attached hydrogens (tertiary/aromatic N) is 4. The van der Waals surface area contributed by atoms with Gasteiger partial charge in [0.1, 0.15) is 0 Å². The molecule has 0 spiro atoms. The molecule has 0 aliphatic carbocycles. The largest absolute Gasteiger partial charge is 0.352 e. The minimum Gasteiger partial charge on any atom is -0.352 e. The number of benzene rings is 1. The molecule has 4 heterocycles. The van der Waals surface area contributed by atoms with Crippen molar-refractivity contribution >= 4 is 28.9 Å². The summed E-state index contributed by atoms with van der Waals surface area (Å²) in [6.07, 6.45) is 5.77. The highest BCUT2D eigenvalue weighted by molar-refractivity contribution is 7.80. The summed E-state index contributed by atoms with van der Waals surface area (Å²) in [6.45, 7) is 7.55. The molecule has 3 aromatic heterocycles. The summed E-state index contributed by atoms with van der Waals surface area (Å²) in [5.41, 5.74) is 7.55. The number of aromatic nitrogens is 3. The van der Waals surface area contributed by atoms with Crippen LogP contribution in [-0.4, -0.2) is 37.0 Å². The van der Waals surface area contributed by atoms with E-state index in [9.17, 15) is 4.79 Å². The molecule has 8 heteroatoms. The van der Waals surface area contributed by atoms with Gasteiger partial charge in [0.05, 0.1) is 17.8 Å². The quantitative estimate of drug-likeness (QED) is 0.307. The van der Waals surface area contributed by atoms with Crippen LogP contribution in [0, 0.1) is 20.8 Å². The van der Waals surface area contributed by atoms with Crippen LogP contribution >= 0.6 is 12.2 Å². The molecular weight excluding hydrogens is 492 g/mol. The Morgan fingerprint density at radius 3 is 2.58 bits per heavy atom. The lowest BCUT2D eigenvalue weighted by Crippen LogP contribution is -2.33. The molecular formula is C30H32N6OS. The lowest BCUT2D eigenvalue weighted by molar-refractivity contribution is -0.116. The van der Waals surface area contributed by atoms with Crippen LogP contribution in [0.1, 0.15) is 52.3 Å². The van der Waals surface area contributed by atoms with Crippen molar-refractivity contribution in [3.63, 3.8) is 0 Å². The van der Waals surface area contributed by atoms with E-state index < -0.39 is 0 Å². The fourth-order valence-electron chi connectivity index (χ4n) is 5.19. The van der Waals surface area contributed by atoms with E-state index in [4.69, 9.17) is 12.2 Å². The number of aryl methyl sites for hydroxylation is 2. The SMILES string of the molecule is Cc1cccc(NC(=O)CCN2C(=S)NC(c3ccccn3)C2c2cc(C)n(Cc3ccncc3)c2C)c1. The molecule has 5 rings (SSSR count). The highest BCUT2D eigenvalue weighted by Gasteiger charge is 2.41. The average molecular weight is 525 g/mol. The highest BCUT2D eigenvalue weighted by atomic mass is 32.1. The van der Waals surface area contributed by atoms with Gasteiger partial charge in [-0.2, -0.15) is 0 Å². The van der Waals surface area contributed by atoms with Crippen LogP contribution in [0.3, 0.4) is 0 Å². The highest BCUT2D eigenvalue weighted by Crippen LogP contribution is 2.41. The minimum atomic E-state index is -0.126. The third-order valence-electron chi connectivity index (χ3n) is 7.10. The number of amides is 1. The van der Waals surface area contributed by atoms with Crippen LogP contribution in [0.4, 0.5) is 5.69 Å². The summed E-state index contributed by atoms with van der Waals surface area (Å²) >= 11 is 5.82. The fourth-order valence-corrected chi connectivity index (χ4v) is 5.53. The van der Waals surface area contributed by atoms with Crippen LogP contribution in [0.5, 0.6) is 0 Å². The second-order valence-electron chi connectivity index (χ2n) is 9.76. The topological polar surface area (TPSA) is 75.1 Å². The molecule has 2 atom stereocenters. The lowest BCUT2D eigenvalue weighted by atomic mass is 9.96. The van der Waals surface area contributed by atoms with Crippen molar-refractivity contribution in [1.82, 2.24) is 24.8 Å². The van der Waals surface area contributed by atoms with Gasteiger partial charge in [-0.25, -0.2) is 0 Å². The summed E-state index contributed by atoms with van der Waals surface area (Å²) in [4.78, 5) is 23.8. The van der Waals surface area contributed by atoms with E-state index in [1.165, 1.54) is 22.5 Å². The van der Waals surface area contributed by atoms with E-state index in [0.29, 0.717) is 18.1 Å². The lowest BCUT2D eigenvalue weighted by Gasteiger charge is -2.28. The zero-order chi connectivity index (χ0) is 26.6. The van der Waals surface area contributed by atoms with Crippen molar-refractivity contribution in [3.05, 3.63) is 113 Å². The van der Waals surface area contributed by atoms with E-state index >= 15 is 0 Å². The van der Waals surface area contributed by atoms with Crippen molar-refractivity contribution in [3.8, 4) is 0 Å². The number of thiocarbonyl (C=S) groups is 1. The van der Waals surface area contributed by atoms with Gasteiger partial charge in [-0.15, -0.1) is 0 Å². The summed E-state index contributed by atoms with van der Waals surface area (Å²) < 4.78 is 2.32. The number of hydrogen-bond donors (Lipinski definition) is 2. The Hall–Kier alpha value is -4.04. The molecule has 1 saturated heterocycles. The predicted octanol–water partition coefficient (Wildman–Crippen LogP) is 5.25. The van der Waals surface area contributed by atoms with Crippen molar-refractivity contribution in [2.45, 2.75) is 45.8 Å². The molecule has 1 amide bonds. The molecule has 1 fully saturated rings. The van der Waals surface area contributed by atoms with E-state index in [0.717, 1.165) is 23.5 Å². The van der Waals surface area contributed by atoms with Crippen molar-refractivity contribution < 1.29 is 4.79 Å². The number of pyridine rings is 2. The Bertz CT molecular complexity index is 1440. The van der Waals surface area contributed by atoms with Crippen molar-refractivity contribution in [2.24, 2.45) is 0 Å². The zero-order valence-electron chi connectivity index (χ0n) is 21.9. The van der Waals surface area contributed by atoms with Crippen LogP contribution in [0.15, 0.2) is 79.3 Å². The normalized spacial score (nSPS) is 16.9. The van der Waals surface area contributed by atoms with E-state index in [1.807, 2.05) is 80.1 Å². The van der Waals surface area contributed by atoms with Crippen LogP contribution in [0.25, 0.3) is 0 Å². The third kappa shape index (κ3) is 5.45. The third-order valence-corrected chi connectivity index (χ3v) is 7.45. The van der Waals surface area contributed by atoms with Crippen molar-refractivity contribution in [2.75, 3.05) is 11.9 Å². The Morgan fingerprint density at radius 2 is 1.84 bits per heavy atom. The van der Waals surface area contributed by atoms with Gasteiger partial charge >= 0.3 is 0 Å². The van der Waals surface area contributed by atoms with Gasteiger partial charge in [0.25, 0.3) is 0 Å². The second-order valence-corrected chi connectivity index (χ2v) is 10.1. The van der Waals surface area contributed by atoms with E-state index in [2.05, 4.69) is 50.0 Å². The molecule has 7 nitrogen and oxygen atoms in total. The maximum Gasteiger partial charge on any atom is 0.226 e. The number of nitrogens with one attached hydrogen (secondary N) is 2. The Kier molecular flexibility index (Phi) is 7.51. The van der Waals surface area contributed by atoms with Gasteiger partial charge in [-0.3, -0.25) is 14.8 Å². The molecule has 2 N–H and O–H groups in total. The van der Waals surface area contributed by atoms with Gasteiger partial charge in [0.15, 0.2) is 5.11 Å². The molecule has 1 aromatic carbocycles. The number of rotatable bonds is 8. The molecule has 2 unspecified atom stereocenters. The van der Waals surface area contributed by atoms with Gasteiger partial charge < -0.3 is 20.1 Å². The average Bonchev–Trinajstić information content (AvgIpc) is 3.39. The number of hydrogen-bond acceptors (Lipinski definition) is 4. The maximum absolute atomic E-state index is 12.9. The standard InChI is InChI=1S/C30H32N6OS/c1-20-7-6-8-24(17-20)33-27(37)12-16-35-29(28(34-30(35)38)26-9-4-5-13-32-26)25-18-21(2)36(22(25)3)19-23-10-14-31-15-11-23/h4-11,13-15,17-18,28-29H,12,16,19H2,1-3H3,(H,33,37)(H,34,38). The monoisotopic (exact) mass is 524 g/mol. The first-order chi connectivity index (χ1) is 18.4. The zero-order valence-corrected chi connectivity index (χ0v) is 22.7. The summed E-state index contributed by atoms with van der Waals surface area (Å²) in [5, 5.41) is 7.15. The number of anilines is 1. The summed E-state index contributed by atoms with van der Waals surface area (Å²) in [5.74, 6) is -0.0402. The molecule has 194 valence electrons. The predicted molar refractivity (Wildman–Crippen MR) is 154 cm³/mol. The molecule has 4 aromatic rings. The summed E-state index contributed by atoms with van der Waals surface area (Å²) in [7, 11) is 0. The molecule has 0 radical (unpaired) electrons. The summed E-state index contributed by atoms with van der Waals surface area (Å²) in [6, 6.07) is 19.9. The molecule has 38 heavy (non-hydrogen) atoms. The molecule has 0 saturated carbocycles. The fraction of sp³-hybridized carbons (Fsp3) is 0.267. The first kappa shape index (κ1) is 25.6. The maximum atomic E-state index is 12.9. The minimum absolute atomic E-state index is 0.0402. The number of carbonyl (C=O) groups excluding carboxylic acids is 1. The Balaban J connectivity index is 1.43. The van der Waals surface area contributed by atoms with Crippen LogP contribution in [0.2, 0.25) is 0 Å². The first-order valence-corrected chi connectivity index (χ1v) is 13.2. The van der Waals surface area contributed by atoms with Gasteiger partial charge in [0, 0.05) is 55.2 Å². The first-order valence-electron chi connectivity index (χ1n) is 12.8. The molecule has 1 aliphatic heterocycles. The number of carbonyl (C=O) groups is 1. The van der Waals surface area contributed by atoms with E-state index in [-0.39, 0.29) is 18.0 Å². The van der Waals surface area contributed by atoms with Gasteiger partial charge in [0.2, 0.25) is 5.91 Å². The Labute approximate surface area is 228 Å². The van der Waals surface area contributed by atoms with Gasteiger partial charge in [-0.05, 0) is 92.1 Å². The van der Waals surface area contributed by atoms with Crippen LogP contribution < -0.4 is 10.6 Å². The molecule has 1 aliphatic rings. The van der Waals surface area contributed by atoms with Crippen molar-refractivity contribution in [1.29, 1.82) is 0 Å². The van der Waals surface area contributed by atoms with Crippen LogP contribution in [-0.2, 0) is 11.3 Å². The molecule has 0 bridgehead atoms. The smallest absolute Gasteiger partial charge is 0.226 e. The Morgan fingerprint density at radius 1 is 1.03 bits per heavy atom. The van der Waals surface area contributed by atoms with E-state index in [1.54, 1.807) is 0 Å².